The Bertz CT molecular complexity index is 327. The summed E-state index contributed by atoms with van der Waals surface area (Å²) in [5.41, 5.74) is -0.421. The summed E-state index contributed by atoms with van der Waals surface area (Å²) in [6, 6.07) is 2.47. The van der Waals surface area contributed by atoms with Crippen molar-refractivity contribution in [1.82, 2.24) is 5.32 Å². The molecular formula is C15H26N2O. The van der Waals surface area contributed by atoms with E-state index in [4.69, 9.17) is 0 Å². The number of carbonyl (C=O) groups excluding carboxylic acids is 1. The van der Waals surface area contributed by atoms with Gasteiger partial charge in [0.1, 0.15) is 5.41 Å². The van der Waals surface area contributed by atoms with Gasteiger partial charge in [0.15, 0.2) is 0 Å². The minimum absolute atomic E-state index is 0.0697. The summed E-state index contributed by atoms with van der Waals surface area (Å²) < 4.78 is 0. The molecule has 0 aromatic rings. The van der Waals surface area contributed by atoms with Crippen molar-refractivity contribution in [3.8, 4) is 6.07 Å². The smallest absolute Gasteiger partial charge is 0.240 e. The fourth-order valence-corrected chi connectivity index (χ4v) is 2.65. The maximum Gasteiger partial charge on any atom is 0.240 e. The highest BCUT2D eigenvalue weighted by Crippen LogP contribution is 2.35. The first kappa shape index (κ1) is 15.0. The van der Waals surface area contributed by atoms with E-state index in [9.17, 15) is 10.1 Å². The number of hydrogen-bond acceptors (Lipinski definition) is 2. The Balaban J connectivity index is 2.58. The number of nitriles is 1. The van der Waals surface area contributed by atoms with E-state index in [1.165, 1.54) is 0 Å². The van der Waals surface area contributed by atoms with Gasteiger partial charge in [0, 0.05) is 6.04 Å². The first-order valence-corrected chi connectivity index (χ1v) is 7.11. The Kier molecular flexibility index (Phi) is 4.78. The lowest BCUT2D eigenvalue weighted by atomic mass is 9.75. The van der Waals surface area contributed by atoms with Crippen LogP contribution in [0.4, 0.5) is 0 Å². The van der Waals surface area contributed by atoms with Crippen LogP contribution in [0.25, 0.3) is 0 Å². The van der Waals surface area contributed by atoms with E-state index in [1.807, 2.05) is 13.8 Å². The Morgan fingerprint density at radius 2 is 1.83 bits per heavy atom. The summed E-state index contributed by atoms with van der Waals surface area (Å²) in [5, 5.41) is 12.3. The zero-order chi connectivity index (χ0) is 13.8. The molecule has 18 heavy (non-hydrogen) atoms. The van der Waals surface area contributed by atoms with Gasteiger partial charge in [-0.25, -0.2) is 0 Å². The number of hydrogen-bond donors (Lipinski definition) is 1. The fraction of sp³-hybridized carbons (Fsp3) is 0.867. The summed E-state index contributed by atoms with van der Waals surface area (Å²) >= 11 is 0. The lowest BCUT2D eigenvalue weighted by Crippen LogP contribution is -2.46. The molecule has 0 atom stereocenters. The monoisotopic (exact) mass is 250 g/mol. The van der Waals surface area contributed by atoms with Crippen LogP contribution in [0.1, 0.15) is 66.2 Å². The lowest BCUT2D eigenvalue weighted by molar-refractivity contribution is -0.129. The summed E-state index contributed by atoms with van der Waals surface area (Å²) in [5.74, 6) is -0.0697. The number of carbonyl (C=O) groups is 1. The van der Waals surface area contributed by atoms with Crippen molar-refractivity contribution >= 4 is 5.91 Å². The van der Waals surface area contributed by atoms with Gasteiger partial charge in [0.05, 0.1) is 6.07 Å². The highest BCUT2D eigenvalue weighted by Gasteiger charge is 2.37. The van der Waals surface area contributed by atoms with Gasteiger partial charge in [-0.1, -0.05) is 27.7 Å². The van der Waals surface area contributed by atoms with E-state index in [0.717, 1.165) is 25.7 Å². The summed E-state index contributed by atoms with van der Waals surface area (Å²) in [7, 11) is 0. The van der Waals surface area contributed by atoms with Gasteiger partial charge in [-0.15, -0.1) is 0 Å². The molecule has 0 bridgehead atoms. The Labute approximate surface area is 111 Å². The van der Waals surface area contributed by atoms with Crippen LogP contribution in [0.2, 0.25) is 0 Å². The molecule has 3 nitrogen and oxygen atoms in total. The number of nitrogens with one attached hydrogen (secondary N) is 1. The molecule has 3 heteroatoms. The van der Waals surface area contributed by atoms with E-state index >= 15 is 0 Å². The lowest BCUT2D eigenvalue weighted by Gasteiger charge is -2.36. The van der Waals surface area contributed by atoms with Crippen molar-refractivity contribution < 1.29 is 4.79 Å². The maximum absolute atomic E-state index is 12.3. The quantitative estimate of drug-likeness (QED) is 0.831. The standard InChI is InChI=1S/C15H26N2O/c1-5-15(6-2,11-16)13(18)17-12-7-9-14(3,4)10-8-12/h12H,5-10H2,1-4H3,(H,17,18). The molecule has 1 saturated carbocycles. The van der Waals surface area contributed by atoms with Crippen LogP contribution < -0.4 is 5.32 Å². The second-order valence-electron chi connectivity index (χ2n) is 6.31. The number of amides is 1. The predicted molar refractivity (Wildman–Crippen MR) is 72.8 cm³/mol. The van der Waals surface area contributed by atoms with Gasteiger partial charge in [-0.3, -0.25) is 4.79 Å². The third-order valence-corrected chi connectivity index (χ3v) is 4.53. The average molecular weight is 250 g/mol. The second kappa shape index (κ2) is 5.73. The van der Waals surface area contributed by atoms with Crippen molar-refractivity contribution in [1.29, 1.82) is 5.26 Å². The topological polar surface area (TPSA) is 52.9 Å². The van der Waals surface area contributed by atoms with E-state index < -0.39 is 5.41 Å². The minimum Gasteiger partial charge on any atom is -0.352 e. The molecule has 1 aliphatic rings. The van der Waals surface area contributed by atoms with Crippen LogP contribution in [0.15, 0.2) is 0 Å². The van der Waals surface area contributed by atoms with Gasteiger partial charge in [-0.2, -0.15) is 5.26 Å². The summed E-state index contributed by atoms with van der Waals surface area (Å²) in [6.07, 6.45) is 5.54. The normalized spacial score (nSPS) is 20.2. The molecule has 102 valence electrons. The van der Waals surface area contributed by atoms with Crippen LogP contribution in [-0.2, 0) is 4.79 Å². The van der Waals surface area contributed by atoms with Gasteiger partial charge in [0.2, 0.25) is 5.91 Å². The third-order valence-electron chi connectivity index (χ3n) is 4.53. The van der Waals surface area contributed by atoms with Crippen molar-refractivity contribution in [2.24, 2.45) is 10.8 Å². The van der Waals surface area contributed by atoms with Crippen molar-refractivity contribution in [2.75, 3.05) is 0 Å². The van der Waals surface area contributed by atoms with Crippen LogP contribution in [0.3, 0.4) is 0 Å². The third kappa shape index (κ3) is 3.25. The van der Waals surface area contributed by atoms with E-state index in [2.05, 4.69) is 25.2 Å². The number of nitrogens with zero attached hydrogens (tertiary/aromatic N) is 1. The maximum atomic E-state index is 12.3. The molecule has 0 aromatic heterocycles. The highest BCUT2D eigenvalue weighted by atomic mass is 16.2. The number of rotatable bonds is 4. The molecule has 0 saturated heterocycles. The van der Waals surface area contributed by atoms with Gasteiger partial charge in [-0.05, 0) is 43.9 Å². The molecule has 0 unspecified atom stereocenters. The van der Waals surface area contributed by atoms with Crippen LogP contribution in [-0.4, -0.2) is 11.9 Å². The molecular weight excluding hydrogens is 224 g/mol. The Hall–Kier alpha value is -1.04. The summed E-state index contributed by atoms with van der Waals surface area (Å²) in [4.78, 5) is 12.3. The zero-order valence-corrected chi connectivity index (χ0v) is 12.2. The first-order chi connectivity index (χ1) is 8.39. The van der Waals surface area contributed by atoms with Gasteiger partial charge >= 0.3 is 0 Å². The first-order valence-electron chi connectivity index (χ1n) is 7.11. The second-order valence-corrected chi connectivity index (χ2v) is 6.31. The summed E-state index contributed by atoms with van der Waals surface area (Å²) in [6.45, 7) is 8.39. The Morgan fingerprint density at radius 3 is 2.22 bits per heavy atom. The van der Waals surface area contributed by atoms with E-state index in [1.54, 1.807) is 0 Å². The van der Waals surface area contributed by atoms with Crippen LogP contribution in [0.5, 0.6) is 0 Å². The van der Waals surface area contributed by atoms with Crippen LogP contribution >= 0.6 is 0 Å². The molecule has 1 N–H and O–H groups in total. The van der Waals surface area contributed by atoms with Gasteiger partial charge < -0.3 is 5.32 Å². The van der Waals surface area contributed by atoms with E-state index in [-0.39, 0.29) is 11.9 Å². The minimum atomic E-state index is -0.826. The SMILES string of the molecule is CCC(C#N)(CC)C(=O)NC1CCC(C)(C)CC1. The average Bonchev–Trinajstić information content (AvgIpc) is 2.35. The molecule has 0 aromatic carbocycles. The molecule has 0 radical (unpaired) electrons. The zero-order valence-electron chi connectivity index (χ0n) is 12.2. The molecule has 1 fully saturated rings. The van der Waals surface area contributed by atoms with E-state index in [0.29, 0.717) is 18.3 Å². The molecule has 0 heterocycles. The molecule has 1 aliphatic carbocycles. The van der Waals surface area contributed by atoms with Crippen molar-refractivity contribution in [2.45, 2.75) is 72.3 Å². The molecule has 0 spiro atoms. The molecule has 0 aliphatic heterocycles. The van der Waals surface area contributed by atoms with Crippen molar-refractivity contribution in [3.05, 3.63) is 0 Å². The van der Waals surface area contributed by atoms with Gasteiger partial charge in [0.25, 0.3) is 0 Å². The predicted octanol–water partition coefficient (Wildman–Crippen LogP) is 3.40. The fourth-order valence-electron chi connectivity index (χ4n) is 2.65. The van der Waals surface area contributed by atoms with Crippen LogP contribution in [0, 0.1) is 22.2 Å². The molecule has 1 amide bonds. The van der Waals surface area contributed by atoms with Crippen molar-refractivity contribution in [3.63, 3.8) is 0 Å². The highest BCUT2D eigenvalue weighted by molar-refractivity contribution is 5.85. The molecule has 1 rings (SSSR count). The largest absolute Gasteiger partial charge is 0.352 e. The Morgan fingerprint density at radius 1 is 1.33 bits per heavy atom.